The second-order valence-electron chi connectivity index (χ2n) is 9.97. The molecule has 2 aliphatic heterocycles. The molecule has 15 heteroatoms. The minimum atomic E-state index is -2.09. The van der Waals surface area contributed by atoms with Crippen molar-refractivity contribution in [2.24, 2.45) is 0 Å². The fourth-order valence-electron chi connectivity index (χ4n) is 4.76. The van der Waals surface area contributed by atoms with E-state index in [-0.39, 0.29) is 33.8 Å². The van der Waals surface area contributed by atoms with Crippen molar-refractivity contribution in [1.29, 1.82) is 0 Å². The van der Waals surface area contributed by atoms with Crippen LogP contribution in [-0.2, 0) is 14.2 Å². The molecule has 2 fully saturated rings. The molecular formula is C27H30O15. The van der Waals surface area contributed by atoms with Crippen molar-refractivity contribution < 1.29 is 69.0 Å². The number of methoxy groups -OCH3 is 1. The number of rotatable bonds is 8. The van der Waals surface area contributed by atoms with Gasteiger partial charge in [0.25, 0.3) is 0 Å². The molecule has 8 atom stereocenters. The lowest BCUT2D eigenvalue weighted by molar-refractivity contribution is -0.319. The van der Waals surface area contributed by atoms with E-state index in [2.05, 4.69) is 0 Å². The maximum atomic E-state index is 13.8. The first-order chi connectivity index (χ1) is 20.0. The van der Waals surface area contributed by atoms with Gasteiger partial charge in [-0.05, 0) is 24.3 Å². The van der Waals surface area contributed by atoms with E-state index < -0.39 is 85.4 Å². The third kappa shape index (κ3) is 5.26. The van der Waals surface area contributed by atoms with Gasteiger partial charge in [-0.3, -0.25) is 4.79 Å². The number of aromatic hydroxyl groups is 2. The first-order valence-electron chi connectivity index (χ1n) is 12.8. The van der Waals surface area contributed by atoms with Crippen molar-refractivity contribution >= 4 is 11.0 Å². The van der Waals surface area contributed by atoms with Crippen LogP contribution in [0.5, 0.6) is 23.0 Å². The standard InChI is InChI=1S/C27H30O15/c1-37-13-6-14(31)17-15(7-13)39-21(11-2-4-12(30)5-3-11)22(19(17)33)41-25-23(20(34)18(32)16(8-28)40-25)42-26-24(35)27(36,9-29)10-38-26/h2-7,16,18,20,23-26,28-32,34-36H,8-10H2,1H3. The Morgan fingerprint density at radius 3 is 2.36 bits per heavy atom. The summed E-state index contributed by atoms with van der Waals surface area (Å²) >= 11 is 0. The zero-order valence-electron chi connectivity index (χ0n) is 22.1. The number of aliphatic hydroxyl groups is 6. The number of hydrogen-bond acceptors (Lipinski definition) is 15. The Labute approximate surface area is 236 Å². The summed E-state index contributed by atoms with van der Waals surface area (Å²) in [7, 11) is 1.35. The highest BCUT2D eigenvalue weighted by atomic mass is 16.8. The number of phenols is 2. The summed E-state index contributed by atoms with van der Waals surface area (Å²) < 4.78 is 33.6. The summed E-state index contributed by atoms with van der Waals surface area (Å²) in [5, 5.41) is 81.5. The first-order valence-corrected chi connectivity index (χ1v) is 12.8. The Morgan fingerprint density at radius 1 is 1.02 bits per heavy atom. The van der Waals surface area contributed by atoms with E-state index >= 15 is 0 Å². The van der Waals surface area contributed by atoms with Gasteiger partial charge in [-0.2, -0.15) is 0 Å². The Morgan fingerprint density at radius 2 is 1.74 bits per heavy atom. The molecule has 15 nitrogen and oxygen atoms in total. The maximum absolute atomic E-state index is 13.8. The highest BCUT2D eigenvalue weighted by Crippen LogP contribution is 2.38. The van der Waals surface area contributed by atoms with Crippen LogP contribution in [0, 0.1) is 0 Å². The van der Waals surface area contributed by atoms with Crippen LogP contribution in [-0.4, -0.2) is 116 Å². The number of phenolic OH excluding ortho intramolecular Hbond substituents is 2. The SMILES string of the molecule is COc1cc(O)c2c(=O)c(OC3OC(CO)C(O)C(O)C3OC3OCC(O)(CO)C3O)c(-c3ccc(O)cc3)oc2c1. The van der Waals surface area contributed by atoms with Gasteiger partial charge in [-0.1, -0.05) is 0 Å². The molecule has 0 amide bonds. The van der Waals surface area contributed by atoms with E-state index in [9.17, 15) is 45.6 Å². The molecule has 5 rings (SSSR count). The third-order valence-electron chi connectivity index (χ3n) is 7.20. The molecule has 0 aliphatic carbocycles. The second-order valence-corrected chi connectivity index (χ2v) is 9.97. The van der Waals surface area contributed by atoms with Gasteiger partial charge in [0.05, 0.1) is 26.9 Å². The van der Waals surface area contributed by atoms with Crippen LogP contribution in [0.2, 0.25) is 0 Å². The molecule has 8 N–H and O–H groups in total. The molecular weight excluding hydrogens is 564 g/mol. The van der Waals surface area contributed by atoms with Crippen LogP contribution in [0.25, 0.3) is 22.3 Å². The van der Waals surface area contributed by atoms with Crippen LogP contribution < -0.4 is 14.9 Å². The van der Waals surface area contributed by atoms with Gasteiger partial charge in [0.1, 0.15) is 58.2 Å². The van der Waals surface area contributed by atoms with Gasteiger partial charge in [0.2, 0.25) is 17.5 Å². The Bertz CT molecular complexity index is 1470. The number of hydrogen-bond donors (Lipinski definition) is 8. The van der Waals surface area contributed by atoms with Crippen molar-refractivity contribution in [1.82, 2.24) is 0 Å². The summed E-state index contributed by atoms with van der Waals surface area (Å²) in [5.41, 5.74) is -2.83. The van der Waals surface area contributed by atoms with E-state index in [1.807, 2.05) is 0 Å². The molecule has 0 bridgehead atoms. The van der Waals surface area contributed by atoms with E-state index in [1.54, 1.807) is 0 Å². The molecule has 3 heterocycles. The molecule has 0 saturated carbocycles. The molecule has 8 unspecified atom stereocenters. The van der Waals surface area contributed by atoms with E-state index in [0.29, 0.717) is 0 Å². The predicted molar refractivity (Wildman–Crippen MR) is 139 cm³/mol. The molecule has 2 saturated heterocycles. The number of ether oxygens (including phenoxy) is 5. The van der Waals surface area contributed by atoms with Gasteiger partial charge in [0.15, 0.2) is 18.2 Å². The normalized spacial score (nSPS) is 31.4. The van der Waals surface area contributed by atoms with Crippen LogP contribution in [0.4, 0.5) is 0 Å². The fourth-order valence-corrected chi connectivity index (χ4v) is 4.76. The number of aliphatic hydroxyl groups excluding tert-OH is 5. The van der Waals surface area contributed by atoms with Crippen molar-refractivity contribution in [3.63, 3.8) is 0 Å². The molecule has 3 aromatic rings. The molecule has 2 aliphatic rings. The van der Waals surface area contributed by atoms with Crippen molar-refractivity contribution in [3.05, 3.63) is 46.6 Å². The summed E-state index contributed by atoms with van der Waals surface area (Å²) in [6.45, 7) is -2.20. The lowest BCUT2D eigenvalue weighted by Crippen LogP contribution is -2.62. The van der Waals surface area contributed by atoms with E-state index in [1.165, 1.54) is 43.5 Å². The highest BCUT2D eigenvalue weighted by Gasteiger charge is 2.53. The zero-order chi connectivity index (χ0) is 30.3. The molecule has 0 radical (unpaired) electrons. The molecule has 42 heavy (non-hydrogen) atoms. The van der Waals surface area contributed by atoms with Gasteiger partial charge in [-0.15, -0.1) is 0 Å². The first kappa shape index (κ1) is 30.0. The number of benzene rings is 2. The summed E-state index contributed by atoms with van der Waals surface area (Å²) in [6.07, 6.45) is -11.9. The molecule has 228 valence electrons. The monoisotopic (exact) mass is 594 g/mol. The molecule has 2 aromatic carbocycles. The number of fused-ring (bicyclic) bond motifs is 1. The second kappa shape index (κ2) is 11.6. The lowest BCUT2D eigenvalue weighted by Gasteiger charge is -2.42. The van der Waals surface area contributed by atoms with Gasteiger partial charge >= 0.3 is 0 Å². The highest BCUT2D eigenvalue weighted by molar-refractivity contribution is 5.88. The van der Waals surface area contributed by atoms with E-state index in [0.717, 1.165) is 0 Å². The van der Waals surface area contributed by atoms with E-state index in [4.69, 9.17) is 28.1 Å². The van der Waals surface area contributed by atoms with Crippen molar-refractivity contribution in [3.8, 4) is 34.3 Å². The average Bonchev–Trinajstić information content (AvgIpc) is 3.27. The van der Waals surface area contributed by atoms with Crippen molar-refractivity contribution in [2.75, 3.05) is 26.9 Å². The van der Waals surface area contributed by atoms with Crippen LogP contribution in [0.15, 0.2) is 45.6 Å². The van der Waals surface area contributed by atoms with Crippen LogP contribution in [0.3, 0.4) is 0 Å². The third-order valence-corrected chi connectivity index (χ3v) is 7.20. The quantitative estimate of drug-likeness (QED) is 0.148. The zero-order valence-corrected chi connectivity index (χ0v) is 22.1. The fraction of sp³-hybridized carbons (Fsp3) is 0.444. The smallest absolute Gasteiger partial charge is 0.239 e. The van der Waals surface area contributed by atoms with Crippen LogP contribution >= 0.6 is 0 Å². The minimum absolute atomic E-state index is 0.0842. The molecule has 1 aromatic heterocycles. The van der Waals surface area contributed by atoms with Gasteiger partial charge < -0.3 is 69.0 Å². The Balaban J connectivity index is 1.61. The topological polar surface area (TPSA) is 238 Å². The Hall–Kier alpha value is -3.51. The van der Waals surface area contributed by atoms with Gasteiger partial charge in [-0.25, -0.2) is 0 Å². The van der Waals surface area contributed by atoms with Crippen LogP contribution in [0.1, 0.15) is 0 Å². The maximum Gasteiger partial charge on any atom is 0.239 e. The minimum Gasteiger partial charge on any atom is -0.508 e. The summed E-state index contributed by atoms with van der Waals surface area (Å²) in [4.78, 5) is 13.8. The summed E-state index contributed by atoms with van der Waals surface area (Å²) in [6, 6.07) is 7.99. The molecule has 0 spiro atoms. The predicted octanol–water partition coefficient (Wildman–Crippen LogP) is -1.48. The average molecular weight is 595 g/mol. The van der Waals surface area contributed by atoms with Crippen molar-refractivity contribution in [2.45, 2.75) is 48.7 Å². The van der Waals surface area contributed by atoms with Gasteiger partial charge in [0, 0.05) is 17.7 Å². The lowest BCUT2D eigenvalue weighted by atomic mass is 9.98. The Kier molecular flexibility index (Phi) is 8.30. The summed E-state index contributed by atoms with van der Waals surface area (Å²) in [5.74, 6) is -1.17. The largest absolute Gasteiger partial charge is 0.508 e.